The van der Waals surface area contributed by atoms with Crippen LogP contribution in [0.5, 0.6) is 0 Å². The first-order valence-corrected chi connectivity index (χ1v) is 9.69. The van der Waals surface area contributed by atoms with Crippen molar-refractivity contribution in [3.63, 3.8) is 0 Å². The Balaban J connectivity index is 1.60. The Hall–Kier alpha value is -2.25. The number of anilines is 1. The highest BCUT2D eigenvalue weighted by Gasteiger charge is 2.16. The van der Waals surface area contributed by atoms with E-state index in [9.17, 15) is 4.39 Å². The molecule has 1 aliphatic rings. The molecule has 0 atom stereocenters. The summed E-state index contributed by atoms with van der Waals surface area (Å²) in [7, 11) is 5.65. The van der Waals surface area contributed by atoms with Crippen molar-refractivity contribution < 1.29 is 9.13 Å². The van der Waals surface area contributed by atoms with Gasteiger partial charge >= 0.3 is 0 Å². The van der Waals surface area contributed by atoms with Crippen molar-refractivity contribution in [2.45, 2.75) is 13.1 Å². The first-order valence-electron chi connectivity index (χ1n) is 9.31. The number of rotatable bonds is 5. The van der Waals surface area contributed by atoms with Gasteiger partial charge in [-0.2, -0.15) is 0 Å². The molecular weight excluding hydrogens is 381 g/mol. The van der Waals surface area contributed by atoms with Gasteiger partial charge < -0.3 is 24.4 Å². The molecule has 6 nitrogen and oxygen atoms in total. The summed E-state index contributed by atoms with van der Waals surface area (Å²) in [5.41, 5.74) is 2.58. The minimum Gasteiger partial charge on any atom is -0.378 e. The van der Waals surface area contributed by atoms with E-state index in [4.69, 9.17) is 16.3 Å². The zero-order valence-electron chi connectivity index (χ0n) is 16.6. The summed E-state index contributed by atoms with van der Waals surface area (Å²) in [6.45, 7) is 3.86. The highest BCUT2D eigenvalue weighted by molar-refractivity contribution is 6.30. The quantitative estimate of drug-likeness (QED) is 0.611. The number of halogens is 2. The van der Waals surface area contributed by atoms with Crippen molar-refractivity contribution >= 4 is 23.2 Å². The van der Waals surface area contributed by atoms with Crippen LogP contribution < -0.4 is 10.2 Å². The lowest BCUT2D eigenvalue weighted by atomic mass is 10.1. The van der Waals surface area contributed by atoms with Crippen LogP contribution in [0, 0.1) is 5.82 Å². The number of nitrogens with one attached hydrogen (secondary N) is 1. The molecule has 1 aromatic heterocycles. The number of benzene rings is 1. The second kappa shape index (κ2) is 9.30. The molecule has 0 radical (unpaired) electrons. The van der Waals surface area contributed by atoms with E-state index in [1.165, 1.54) is 0 Å². The molecule has 1 saturated heterocycles. The van der Waals surface area contributed by atoms with Gasteiger partial charge in [-0.15, -0.1) is 0 Å². The molecule has 2 aromatic rings. The molecule has 0 spiro atoms. The van der Waals surface area contributed by atoms with E-state index < -0.39 is 0 Å². The summed E-state index contributed by atoms with van der Waals surface area (Å²) < 4.78 is 21.9. The second-order valence-corrected chi connectivity index (χ2v) is 7.34. The number of aryl methyl sites for hydroxylation is 1. The van der Waals surface area contributed by atoms with Crippen molar-refractivity contribution in [1.29, 1.82) is 0 Å². The molecule has 8 heteroatoms. The first-order chi connectivity index (χ1) is 13.5. The highest BCUT2D eigenvalue weighted by Crippen LogP contribution is 2.21. The zero-order valence-corrected chi connectivity index (χ0v) is 17.3. The highest BCUT2D eigenvalue weighted by atomic mass is 35.5. The van der Waals surface area contributed by atoms with Gasteiger partial charge in [-0.05, 0) is 23.8 Å². The van der Waals surface area contributed by atoms with Crippen molar-refractivity contribution in [1.82, 2.24) is 14.8 Å². The zero-order chi connectivity index (χ0) is 20.1. The summed E-state index contributed by atoms with van der Waals surface area (Å²) in [5, 5.41) is 4.00. The van der Waals surface area contributed by atoms with Crippen LogP contribution in [0.1, 0.15) is 11.3 Å². The lowest BCUT2D eigenvalue weighted by Gasteiger charge is -2.29. The minimum absolute atomic E-state index is 0.206. The SMILES string of the molecule is CN=C(NCc1ccc(N2CCOCC2)c(F)c1)N(C)Cc1cc(Cl)cn1C. The summed E-state index contributed by atoms with van der Waals surface area (Å²) in [4.78, 5) is 8.35. The lowest BCUT2D eigenvalue weighted by Crippen LogP contribution is -2.38. The molecule has 0 saturated carbocycles. The van der Waals surface area contributed by atoms with Crippen molar-refractivity contribution in [2.75, 3.05) is 45.3 Å². The van der Waals surface area contributed by atoms with Crippen LogP contribution in [0.2, 0.25) is 5.02 Å². The third kappa shape index (κ3) is 4.97. The Labute approximate surface area is 170 Å². The maximum Gasteiger partial charge on any atom is 0.194 e. The molecule has 152 valence electrons. The first kappa shape index (κ1) is 20.5. The molecular formula is C20H27ClFN5O. The normalized spacial score (nSPS) is 15.0. The predicted molar refractivity (Wildman–Crippen MR) is 112 cm³/mol. The number of aromatic nitrogens is 1. The van der Waals surface area contributed by atoms with Gasteiger partial charge in [0.05, 0.1) is 30.5 Å². The summed E-state index contributed by atoms with van der Waals surface area (Å²) in [6.07, 6.45) is 1.87. The van der Waals surface area contributed by atoms with E-state index in [1.54, 1.807) is 13.1 Å². The van der Waals surface area contributed by atoms with Gasteiger partial charge in [0.1, 0.15) is 5.82 Å². The Morgan fingerprint density at radius 3 is 2.68 bits per heavy atom. The lowest BCUT2D eigenvalue weighted by molar-refractivity contribution is 0.122. The van der Waals surface area contributed by atoms with E-state index in [0.29, 0.717) is 37.0 Å². The number of ether oxygens (including phenoxy) is 1. The van der Waals surface area contributed by atoms with Crippen molar-refractivity contribution in [3.8, 4) is 0 Å². The van der Waals surface area contributed by atoms with Crippen LogP contribution in [-0.4, -0.2) is 55.8 Å². The summed E-state index contributed by atoms with van der Waals surface area (Å²) in [6, 6.07) is 7.31. The van der Waals surface area contributed by atoms with Crippen LogP contribution >= 0.6 is 11.6 Å². The van der Waals surface area contributed by atoms with Gasteiger partial charge in [-0.25, -0.2) is 4.39 Å². The fraction of sp³-hybridized carbons (Fsp3) is 0.450. The maximum atomic E-state index is 14.6. The van der Waals surface area contributed by atoms with E-state index in [-0.39, 0.29) is 5.82 Å². The van der Waals surface area contributed by atoms with Crippen molar-refractivity contribution in [2.24, 2.45) is 12.0 Å². The number of hydrogen-bond donors (Lipinski definition) is 1. The fourth-order valence-electron chi connectivity index (χ4n) is 3.33. The Morgan fingerprint density at radius 2 is 2.07 bits per heavy atom. The minimum atomic E-state index is -0.206. The average molecular weight is 408 g/mol. The van der Waals surface area contributed by atoms with Gasteiger partial charge in [0, 0.05) is 52.7 Å². The monoisotopic (exact) mass is 407 g/mol. The Bertz CT molecular complexity index is 832. The van der Waals surface area contributed by atoms with Crippen LogP contribution in [0.4, 0.5) is 10.1 Å². The number of hydrogen-bond acceptors (Lipinski definition) is 3. The summed E-state index contributed by atoms with van der Waals surface area (Å²) >= 11 is 6.06. The van der Waals surface area contributed by atoms with Gasteiger partial charge in [0.25, 0.3) is 0 Å². The van der Waals surface area contributed by atoms with Gasteiger partial charge in [0.15, 0.2) is 5.96 Å². The predicted octanol–water partition coefficient (Wildman–Crippen LogP) is 2.86. The molecule has 1 aliphatic heterocycles. The largest absolute Gasteiger partial charge is 0.378 e. The molecule has 2 heterocycles. The summed E-state index contributed by atoms with van der Waals surface area (Å²) in [5.74, 6) is 0.526. The number of nitrogens with zero attached hydrogens (tertiary/aromatic N) is 4. The van der Waals surface area contributed by atoms with Gasteiger partial charge in [-0.3, -0.25) is 4.99 Å². The van der Waals surface area contributed by atoms with Crippen LogP contribution in [-0.2, 0) is 24.9 Å². The topological polar surface area (TPSA) is 45.0 Å². The van der Waals surface area contributed by atoms with Gasteiger partial charge in [0.2, 0.25) is 0 Å². The Morgan fingerprint density at radius 1 is 1.32 bits per heavy atom. The van der Waals surface area contributed by atoms with Crippen LogP contribution in [0.15, 0.2) is 35.5 Å². The molecule has 0 amide bonds. The molecule has 1 aromatic carbocycles. The number of aliphatic imine (C=N–C) groups is 1. The van der Waals surface area contributed by atoms with Crippen LogP contribution in [0.25, 0.3) is 0 Å². The number of guanidine groups is 1. The molecule has 1 fully saturated rings. The molecule has 0 unspecified atom stereocenters. The fourth-order valence-corrected chi connectivity index (χ4v) is 3.60. The third-order valence-corrected chi connectivity index (χ3v) is 5.07. The van der Waals surface area contributed by atoms with E-state index in [0.717, 1.165) is 30.3 Å². The average Bonchev–Trinajstić information content (AvgIpc) is 3.00. The van der Waals surface area contributed by atoms with Gasteiger partial charge in [-0.1, -0.05) is 17.7 Å². The standard InChI is InChI=1S/C20H27ClFN5O/c1-23-20(26(3)14-17-11-16(21)13-25(17)2)24-12-15-4-5-19(18(22)10-15)27-6-8-28-9-7-27/h4-5,10-11,13H,6-9,12,14H2,1-3H3,(H,23,24). The Kier molecular flexibility index (Phi) is 6.80. The van der Waals surface area contributed by atoms with E-state index in [2.05, 4.69) is 10.3 Å². The van der Waals surface area contributed by atoms with E-state index >= 15 is 0 Å². The maximum absolute atomic E-state index is 14.6. The smallest absolute Gasteiger partial charge is 0.194 e. The molecule has 0 bridgehead atoms. The molecule has 1 N–H and O–H groups in total. The molecule has 0 aliphatic carbocycles. The van der Waals surface area contributed by atoms with Crippen LogP contribution in [0.3, 0.4) is 0 Å². The third-order valence-electron chi connectivity index (χ3n) is 4.86. The van der Waals surface area contributed by atoms with Crippen molar-refractivity contribution in [3.05, 3.63) is 52.6 Å². The molecule has 28 heavy (non-hydrogen) atoms. The number of morpholine rings is 1. The van der Waals surface area contributed by atoms with E-state index in [1.807, 2.05) is 52.9 Å². The second-order valence-electron chi connectivity index (χ2n) is 6.90. The molecule has 3 rings (SSSR count).